The summed E-state index contributed by atoms with van der Waals surface area (Å²) in [6.45, 7) is 5.79. The van der Waals surface area contributed by atoms with Crippen LogP contribution in [0.3, 0.4) is 0 Å². The predicted octanol–water partition coefficient (Wildman–Crippen LogP) is 3.39. The van der Waals surface area contributed by atoms with Gasteiger partial charge in [-0.1, -0.05) is 26.7 Å². The first kappa shape index (κ1) is 13.1. The van der Waals surface area contributed by atoms with E-state index in [9.17, 15) is 0 Å². The molecule has 94 valence electrons. The summed E-state index contributed by atoms with van der Waals surface area (Å²) < 4.78 is 0. The lowest BCUT2D eigenvalue weighted by Gasteiger charge is -2.35. The minimum atomic E-state index is 0.762. The third kappa shape index (κ3) is 3.85. The molecule has 2 aliphatic rings. The van der Waals surface area contributed by atoms with Gasteiger partial charge >= 0.3 is 0 Å². The number of hydrogen-bond acceptors (Lipinski definition) is 3. The van der Waals surface area contributed by atoms with Crippen LogP contribution >= 0.6 is 23.5 Å². The summed E-state index contributed by atoms with van der Waals surface area (Å²) >= 11 is 4.38. The Bertz CT molecular complexity index is 206. The zero-order valence-electron chi connectivity index (χ0n) is 10.6. The van der Waals surface area contributed by atoms with Crippen LogP contribution in [0.15, 0.2) is 0 Å². The van der Waals surface area contributed by atoms with Crippen LogP contribution < -0.4 is 5.32 Å². The van der Waals surface area contributed by atoms with Crippen molar-refractivity contribution >= 4 is 23.5 Å². The highest BCUT2D eigenvalue weighted by molar-refractivity contribution is 8.07. The van der Waals surface area contributed by atoms with Gasteiger partial charge in [0.05, 0.1) is 0 Å². The summed E-state index contributed by atoms with van der Waals surface area (Å²) in [4.78, 5) is 0. The van der Waals surface area contributed by atoms with Crippen molar-refractivity contribution < 1.29 is 0 Å². The van der Waals surface area contributed by atoms with Crippen LogP contribution in [0.2, 0.25) is 0 Å². The van der Waals surface area contributed by atoms with Crippen LogP contribution in [0.1, 0.15) is 39.5 Å². The van der Waals surface area contributed by atoms with Gasteiger partial charge in [0.2, 0.25) is 0 Å². The van der Waals surface area contributed by atoms with Crippen LogP contribution in [0.5, 0.6) is 0 Å². The second kappa shape index (κ2) is 6.55. The highest BCUT2D eigenvalue weighted by atomic mass is 32.2. The molecular weight excluding hydrogens is 234 g/mol. The molecule has 0 aromatic rings. The van der Waals surface area contributed by atoms with Gasteiger partial charge in [0.15, 0.2) is 0 Å². The summed E-state index contributed by atoms with van der Waals surface area (Å²) in [5, 5.41) is 5.41. The topological polar surface area (TPSA) is 12.0 Å². The number of nitrogens with one attached hydrogen (secondary N) is 1. The quantitative estimate of drug-likeness (QED) is 0.785. The molecule has 2 rings (SSSR count). The molecule has 1 nitrogen and oxygen atoms in total. The highest BCUT2D eigenvalue weighted by Gasteiger charge is 2.31. The van der Waals surface area contributed by atoms with Gasteiger partial charge in [0, 0.05) is 28.0 Å². The fourth-order valence-electron chi connectivity index (χ4n) is 2.56. The molecule has 0 aromatic carbocycles. The van der Waals surface area contributed by atoms with Crippen molar-refractivity contribution in [3.8, 4) is 0 Å². The molecule has 1 aliphatic heterocycles. The van der Waals surface area contributed by atoms with Gasteiger partial charge < -0.3 is 5.32 Å². The first-order valence-electron chi connectivity index (χ1n) is 6.78. The Morgan fingerprint density at radius 1 is 1.25 bits per heavy atom. The fraction of sp³-hybridized carbons (Fsp3) is 1.00. The van der Waals surface area contributed by atoms with Crippen LogP contribution in [0.4, 0.5) is 0 Å². The van der Waals surface area contributed by atoms with Gasteiger partial charge in [-0.2, -0.15) is 23.5 Å². The molecule has 1 heterocycles. The van der Waals surface area contributed by atoms with Crippen molar-refractivity contribution in [1.82, 2.24) is 5.32 Å². The Labute approximate surface area is 109 Å². The highest BCUT2D eigenvalue weighted by Crippen LogP contribution is 2.38. The predicted molar refractivity (Wildman–Crippen MR) is 77.6 cm³/mol. The molecule has 2 fully saturated rings. The largest absolute Gasteiger partial charge is 0.313 e. The summed E-state index contributed by atoms with van der Waals surface area (Å²) in [6, 6.07) is 0.762. The fourth-order valence-corrected chi connectivity index (χ4v) is 5.56. The monoisotopic (exact) mass is 259 g/mol. The van der Waals surface area contributed by atoms with E-state index in [1.165, 1.54) is 37.2 Å². The Hall–Kier alpha value is 0.660. The van der Waals surface area contributed by atoms with Gasteiger partial charge in [-0.15, -0.1) is 0 Å². The minimum Gasteiger partial charge on any atom is -0.313 e. The molecule has 1 saturated heterocycles. The maximum Gasteiger partial charge on any atom is 0.0317 e. The molecule has 3 heteroatoms. The molecule has 1 N–H and O–H groups in total. The summed E-state index contributed by atoms with van der Waals surface area (Å²) in [5.41, 5.74) is 0. The lowest BCUT2D eigenvalue weighted by molar-refractivity contribution is 0.448. The lowest BCUT2D eigenvalue weighted by Crippen LogP contribution is -2.44. The average Bonchev–Trinajstić information content (AvgIpc) is 3.09. The molecule has 1 aliphatic carbocycles. The number of hydrogen-bond donors (Lipinski definition) is 1. The van der Waals surface area contributed by atoms with E-state index in [4.69, 9.17) is 0 Å². The molecule has 0 spiro atoms. The Kier molecular flexibility index (Phi) is 5.37. The summed E-state index contributed by atoms with van der Waals surface area (Å²) in [6.07, 6.45) is 5.87. The van der Waals surface area contributed by atoms with Crippen molar-refractivity contribution in [2.45, 2.75) is 56.1 Å². The van der Waals surface area contributed by atoms with Crippen molar-refractivity contribution in [3.05, 3.63) is 0 Å². The second-order valence-corrected chi connectivity index (χ2v) is 7.87. The zero-order chi connectivity index (χ0) is 11.4. The Morgan fingerprint density at radius 2 is 2.00 bits per heavy atom. The van der Waals surface area contributed by atoms with Gasteiger partial charge in [-0.25, -0.2) is 0 Å². The molecular formula is C13H25NS2. The first-order chi connectivity index (χ1) is 7.81. The SMILES string of the molecule is CCNC(CCC1CC1)C1SCCSC1C. The second-order valence-electron chi connectivity index (χ2n) is 5.10. The van der Waals surface area contributed by atoms with Crippen LogP contribution in [-0.4, -0.2) is 34.6 Å². The number of thioether (sulfide) groups is 2. The van der Waals surface area contributed by atoms with E-state index < -0.39 is 0 Å². The standard InChI is InChI=1S/C13H25NS2/c1-3-14-12(7-6-11-4-5-11)13-10(2)15-8-9-16-13/h10-14H,3-9H2,1-2H3. The third-order valence-corrected chi connectivity index (χ3v) is 6.93. The molecule has 0 aromatic heterocycles. The molecule has 1 saturated carbocycles. The van der Waals surface area contributed by atoms with E-state index in [0.29, 0.717) is 0 Å². The Balaban J connectivity index is 1.82. The van der Waals surface area contributed by atoms with Crippen LogP contribution in [0.25, 0.3) is 0 Å². The van der Waals surface area contributed by atoms with Crippen LogP contribution in [0, 0.1) is 5.92 Å². The molecule has 0 radical (unpaired) electrons. The van der Waals surface area contributed by atoms with Gasteiger partial charge in [-0.05, 0) is 25.3 Å². The van der Waals surface area contributed by atoms with Gasteiger partial charge in [-0.3, -0.25) is 0 Å². The zero-order valence-corrected chi connectivity index (χ0v) is 12.2. The molecule has 0 bridgehead atoms. The third-order valence-electron chi connectivity index (χ3n) is 3.68. The lowest BCUT2D eigenvalue weighted by atomic mass is 10.0. The van der Waals surface area contributed by atoms with E-state index in [-0.39, 0.29) is 0 Å². The van der Waals surface area contributed by atoms with Crippen LogP contribution in [-0.2, 0) is 0 Å². The number of rotatable bonds is 6. The van der Waals surface area contributed by atoms with E-state index in [1.54, 1.807) is 0 Å². The Morgan fingerprint density at radius 3 is 2.62 bits per heavy atom. The molecule has 0 amide bonds. The molecule has 3 unspecified atom stereocenters. The van der Waals surface area contributed by atoms with E-state index >= 15 is 0 Å². The summed E-state index contributed by atoms with van der Waals surface area (Å²) in [7, 11) is 0. The van der Waals surface area contributed by atoms with E-state index in [1.807, 2.05) is 0 Å². The minimum absolute atomic E-state index is 0.762. The maximum absolute atomic E-state index is 3.73. The van der Waals surface area contributed by atoms with E-state index in [2.05, 4.69) is 42.7 Å². The summed E-state index contributed by atoms with van der Waals surface area (Å²) in [5.74, 6) is 3.78. The average molecular weight is 259 g/mol. The van der Waals surface area contributed by atoms with Crippen molar-refractivity contribution in [2.24, 2.45) is 5.92 Å². The normalized spacial score (nSPS) is 32.6. The first-order valence-corrected chi connectivity index (χ1v) is 8.87. The van der Waals surface area contributed by atoms with E-state index in [0.717, 1.165) is 29.0 Å². The van der Waals surface area contributed by atoms with Crippen molar-refractivity contribution in [2.75, 3.05) is 18.1 Å². The van der Waals surface area contributed by atoms with Crippen molar-refractivity contribution in [3.63, 3.8) is 0 Å². The van der Waals surface area contributed by atoms with Gasteiger partial charge in [0.25, 0.3) is 0 Å². The molecule has 16 heavy (non-hydrogen) atoms. The molecule has 3 atom stereocenters. The van der Waals surface area contributed by atoms with Crippen molar-refractivity contribution in [1.29, 1.82) is 0 Å². The smallest absolute Gasteiger partial charge is 0.0317 e. The van der Waals surface area contributed by atoms with Gasteiger partial charge in [0.1, 0.15) is 0 Å². The maximum atomic E-state index is 3.73.